The van der Waals surface area contributed by atoms with Crippen LogP contribution in [0.5, 0.6) is 5.75 Å². The lowest BCUT2D eigenvalue weighted by Gasteiger charge is -2.15. The van der Waals surface area contributed by atoms with E-state index in [-0.39, 0.29) is 5.82 Å². The molecule has 0 aliphatic rings. The van der Waals surface area contributed by atoms with Crippen LogP contribution in [0.15, 0.2) is 29.0 Å². The summed E-state index contributed by atoms with van der Waals surface area (Å²) in [6.45, 7) is 2.81. The maximum absolute atomic E-state index is 13.9. The number of para-hydroxylation sites is 1. The average Bonchev–Trinajstić information content (AvgIpc) is 2.49. The van der Waals surface area contributed by atoms with Crippen molar-refractivity contribution in [3.05, 3.63) is 34.8 Å². The Morgan fingerprint density at radius 1 is 1.29 bits per heavy atom. The molecule has 1 aromatic carbocycles. The predicted molar refractivity (Wildman–Crippen MR) is 84.7 cm³/mol. The number of anilines is 3. The van der Waals surface area contributed by atoms with Crippen molar-refractivity contribution in [2.75, 3.05) is 24.3 Å². The Bertz CT molecular complexity index is 604. The second-order valence-corrected chi connectivity index (χ2v) is 5.11. The molecule has 7 heteroatoms. The van der Waals surface area contributed by atoms with Crippen LogP contribution in [0.25, 0.3) is 0 Å². The number of benzene rings is 1. The molecule has 112 valence electrons. The molecule has 0 atom stereocenters. The fourth-order valence-corrected chi connectivity index (χ4v) is 2.20. The van der Waals surface area contributed by atoms with Crippen molar-refractivity contribution in [1.82, 2.24) is 9.97 Å². The van der Waals surface area contributed by atoms with E-state index in [2.05, 4.69) is 43.5 Å². The Labute approximate surface area is 131 Å². The summed E-state index contributed by atoms with van der Waals surface area (Å²) >= 11 is 3.31. The molecule has 0 saturated carbocycles. The largest absolute Gasteiger partial charge is 0.490 e. The van der Waals surface area contributed by atoms with Crippen LogP contribution >= 0.6 is 15.9 Å². The number of hydrogen-bond acceptors (Lipinski definition) is 5. The molecule has 0 unspecified atom stereocenters. The molecule has 0 bridgehead atoms. The Balaban J connectivity index is 2.35. The Kier molecular flexibility index (Phi) is 5.32. The molecular weight excluding hydrogens is 339 g/mol. The van der Waals surface area contributed by atoms with Crippen molar-refractivity contribution in [3.63, 3.8) is 0 Å². The zero-order valence-electron chi connectivity index (χ0n) is 11.8. The molecule has 0 saturated heterocycles. The van der Waals surface area contributed by atoms with Gasteiger partial charge in [-0.3, -0.25) is 0 Å². The van der Waals surface area contributed by atoms with Gasteiger partial charge in [0.2, 0.25) is 5.75 Å². The van der Waals surface area contributed by atoms with Crippen LogP contribution in [0.1, 0.15) is 13.3 Å². The van der Waals surface area contributed by atoms with Crippen molar-refractivity contribution in [2.45, 2.75) is 13.3 Å². The fraction of sp³-hybridized carbons (Fsp3) is 0.286. The lowest BCUT2D eigenvalue weighted by atomic mass is 10.3. The molecule has 2 rings (SSSR count). The summed E-state index contributed by atoms with van der Waals surface area (Å²) in [5, 5.41) is 6.09. The van der Waals surface area contributed by atoms with Gasteiger partial charge < -0.3 is 15.4 Å². The zero-order valence-corrected chi connectivity index (χ0v) is 13.4. The van der Waals surface area contributed by atoms with Crippen molar-refractivity contribution in [3.8, 4) is 5.75 Å². The van der Waals surface area contributed by atoms with E-state index >= 15 is 0 Å². The molecule has 0 radical (unpaired) electrons. The minimum atomic E-state index is -0.381. The maximum atomic E-state index is 13.9. The lowest BCUT2D eigenvalue weighted by Crippen LogP contribution is -2.07. The van der Waals surface area contributed by atoms with E-state index in [0.29, 0.717) is 27.5 Å². The lowest BCUT2D eigenvalue weighted by molar-refractivity contribution is 0.415. The van der Waals surface area contributed by atoms with Gasteiger partial charge in [-0.1, -0.05) is 13.0 Å². The summed E-state index contributed by atoms with van der Waals surface area (Å²) in [4.78, 5) is 8.26. The van der Waals surface area contributed by atoms with Gasteiger partial charge in [-0.25, -0.2) is 14.4 Å². The fourth-order valence-electron chi connectivity index (χ4n) is 1.76. The van der Waals surface area contributed by atoms with Crippen LogP contribution in [-0.2, 0) is 0 Å². The topological polar surface area (TPSA) is 59.1 Å². The van der Waals surface area contributed by atoms with Crippen molar-refractivity contribution in [1.29, 1.82) is 0 Å². The van der Waals surface area contributed by atoms with Gasteiger partial charge in [-0.15, -0.1) is 0 Å². The first-order valence-electron chi connectivity index (χ1n) is 6.51. The first kappa shape index (κ1) is 15.5. The number of halogens is 2. The number of rotatable bonds is 6. The third kappa shape index (κ3) is 3.60. The minimum Gasteiger partial charge on any atom is -0.490 e. The molecular formula is C14H16BrFN4O. The maximum Gasteiger partial charge on any atom is 0.204 e. The van der Waals surface area contributed by atoms with E-state index in [4.69, 9.17) is 4.74 Å². The van der Waals surface area contributed by atoms with Gasteiger partial charge in [0, 0.05) is 11.0 Å². The van der Waals surface area contributed by atoms with Gasteiger partial charge >= 0.3 is 0 Å². The van der Waals surface area contributed by atoms with Gasteiger partial charge in [-0.05, 0) is 34.5 Å². The van der Waals surface area contributed by atoms with Gasteiger partial charge in [0.1, 0.15) is 12.1 Å². The van der Waals surface area contributed by atoms with E-state index in [0.717, 1.165) is 13.0 Å². The minimum absolute atomic E-state index is 0.302. The van der Waals surface area contributed by atoms with Gasteiger partial charge in [0.15, 0.2) is 11.6 Å². The average molecular weight is 355 g/mol. The van der Waals surface area contributed by atoms with E-state index in [1.807, 2.05) is 0 Å². The smallest absolute Gasteiger partial charge is 0.204 e. The first-order valence-corrected chi connectivity index (χ1v) is 7.30. The summed E-state index contributed by atoms with van der Waals surface area (Å²) in [5.41, 5.74) is 0.302. The van der Waals surface area contributed by atoms with Crippen LogP contribution in [0, 0.1) is 5.82 Å². The molecule has 2 N–H and O–H groups in total. The van der Waals surface area contributed by atoms with Crippen LogP contribution in [0.2, 0.25) is 0 Å². The highest BCUT2D eigenvalue weighted by Gasteiger charge is 2.15. The van der Waals surface area contributed by atoms with Gasteiger partial charge in [0.25, 0.3) is 0 Å². The number of methoxy groups -OCH3 is 1. The van der Waals surface area contributed by atoms with Crippen LogP contribution in [0.4, 0.5) is 21.7 Å². The molecule has 0 aliphatic carbocycles. The number of nitrogens with zero attached hydrogens (tertiary/aromatic N) is 2. The number of ether oxygens (including phenoxy) is 1. The third-order valence-electron chi connectivity index (χ3n) is 2.76. The summed E-state index contributed by atoms with van der Waals surface area (Å²) in [6, 6.07) is 4.74. The first-order chi connectivity index (χ1) is 10.2. The monoisotopic (exact) mass is 354 g/mol. The molecule has 0 spiro atoms. The normalized spacial score (nSPS) is 10.3. The standard InChI is InChI=1S/C14H16BrFN4O/c1-3-7-17-13-12(21-2)14(19-8-18-13)20-11-9(15)5-4-6-10(11)16/h4-6,8H,3,7H2,1-2H3,(H2,17,18,19,20). The molecule has 1 aromatic heterocycles. The Morgan fingerprint density at radius 3 is 2.71 bits per heavy atom. The zero-order chi connectivity index (χ0) is 15.2. The molecule has 21 heavy (non-hydrogen) atoms. The van der Waals surface area contributed by atoms with Crippen molar-refractivity contribution < 1.29 is 9.13 Å². The SMILES string of the molecule is CCCNc1ncnc(Nc2c(F)cccc2Br)c1OC. The summed E-state index contributed by atoms with van der Waals surface area (Å²) in [5.74, 6) is 1.04. The predicted octanol–water partition coefficient (Wildman–Crippen LogP) is 3.95. The Hall–Kier alpha value is -1.89. The van der Waals surface area contributed by atoms with Crippen LogP contribution < -0.4 is 15.4 Å². The second kappa shape index (κ2) is 7.21. The molecule has 2 aromatic rings. The summed E-state index contributed by atoms with van der Waals surface area (Å²) in [6.07, 6.45) is 2.35. The number of hydrogen-bond donors (Lipinski definition) is 2. The highest BCUT2D eigenvalue weighted by Crippen LogP contribution is 2.34. The summed E-state index contributed by atoms with van der Waals surface area (Å²) < 4.78 is 19.8. The molecule has 0 aliphatic heterocycles. The van der Waals surface area contributed by atoms with E-state index in [9.17, 15) is 4.39 Å². The van der Waals surface area contributed by atoms with Gasteiger partial charge in [-0.2, -0.15) is 0 Å². The van der Waals surface area contributed by atoms with E-state index in [1.165, 1.54) is 19.5 Å². The molecule has 0 fully saturated rings. The van der Waals surface area contributed by atoms with Crippen molar-refractivity contribution in [2.24, 2.45) is 0 Å². The summed E-state index contributed by atoms with van der Waals surface area (Å²) in [7, 11) is 1.53. The van der Waals surface area contributed by atoms with E-state index < -0.39 is 0 Å². The van der Waals surface area contributed by atoms with Crippen LogP contribution in [-0.4, -0.2) is 23.6 Å². The highest BCUT2D eigenvalue weighted by molar-refractivity contribution is 9.10. The molecule has 1 heterocycles. The highest BCUT2D eigenvalue weighted by atomic mass is 79.9. The van der Waals surface area contributed by atoms with E-state index in [1.54, 1.807) is 12.1 Å². The number of nitrogens with one attached hydrogen (secondary N) is 2. The second-order valence-electron chi connectivity index (χ2n) is 4.25. The molecule has 5 nitrogen and oxygen atoms in total. The van der Waals surface area contributed by atoms with Crippen molar-refractivity contribution >= 4 is 33.3 Å². The van der Waals surface area contributed by atoms with Crippen LogP contribution in [0.3, 0.4) is 0 Å². The quantitative estimate of drug-likeness (QED) is 0.822. The molecule has 0 amide bonds. The Morgan fingerprint density at radius 2 is 2.05 bits per heavy atom. The van der Waals surface area contributed by atoms with Gasteiger partial charge in [0.05, 0.1) is 12.8 Å². The third-order valence-corrected chi connectivity index (χ3v) is 3.42. The number of aromatic nitrogens is 2.